The molecule has 0 amide bonds. The molecule has 0 aliphatic carbocycles. The maximum absolute atomic E-state index is 13.4. The monoisotopic (exact) mass is 445 g/mol. The van der Waals surface area contributed by atoms with Crippen molar-refractivity contribution >= 4 is 5.95 Å². The van der Waals surface area contributed by atoms with Crippen molar-refractivity contribution in [3.63, 3.8) is 0 Å². The van der Waals surface area contributed by atoms with E-state index in [0.717, 1.165) is 5.56 Å². The number of nitrogens with zero attached hydrogens (tertiary/aromatic N) is 3. The van der Waals surface area contributed by atoms with E-state index in [0.29, 0.717) is 36.1 Å². The molecule has 0 spiro atoms. The topological polar surface area (TPSA) is 58.7 Å². The number of anilines is 1. The number of hydrogen-bond donors (Lipinski definition) is 1. The summed E-state index contributed by atoms with van der Waals surface area (Å²) in [7, 11) is 0. The van der Waals surface area contributed by atoms with Gasteiger partial charge in [0.05, 0.1) is 12.7 Å². The Balaban J connectivity index is 0.00000192. The molecule has 0 unspecified atom stereocenters. The van der Waals surface area contributed by atoms with Crippen molar-refractivity contribution in [3.8, 4) is 11.5 Å². The quantitative estimate of drug-likeness (QED) is 0.530. The van der Waals surface area contributed by atoms with Crippen molar-refractivity contribution in [1.29, 1.82) is 0 Å². The third kappa shape index (κ3) is 2.98. The van der Waals surface area contributed by atoms with Crippen LogP contribution in [0, 0.1) is 5.82 Å². The van der Waals surface area contributed by atoms with Crippen LogP contribution in [0.25, 0.3) is 0 Å². The number of aliphatic hydroxyl groups is 1. The molecular formula is C20H17BrFN3O3. The average molecular weight is 446 g/mol. The molecule has 2 aliphatic rings. The zero-order valence-corrected chi connectivity index (χ0v) is 16.3. The van der Waals surface area contributed by atoms with E-state index in [1.165, 1.54) is 12.1 Å². The standard InChI is InChI=1S/C20H17FN3O3.BrH/c21-16-5-3-15(4-6-16)20(25)12-23-9-1-8-22-19(23)24(20)11-14-2-7-17-18(10-14)27-13-26-17;/h1-10,25H,11-13H2;1H/q+1;/p-1/t20-;/m1./s1. The third-order valence-corrected chi connectivity index (χ3v) is 4.96. The fraction of sp³-hybridized carbons (Fsp3) is 0.200. The lowest BCUT2D eigenvalue weighted by Crippen LogP contribution is -3.00. The van der Waals surface area contributed by atoms with Crippen LogP contribution in [0.5, 0.6) is 11.5 Å². The third-order valence-electron chi connectivity index (χ3n) is 4.96. The van der Waals surface area contributed by atoms with Gasteiger partial charge in [-0.3, -0.25) is 0 Å². The van der Waals surface area contributed by atoms with Crippen molar-refractivity contribution in [3.05, 3.63) is 77.9 Å². The molecule has 0 fully saturated rings. The Labute approximate surface area is 171 Å². The Morgan fingerprint density at radius 3 is 2.75 bits per heavy atom. The summed E-state index contributed by atoms with van der Waals surface area (Å²) in [6.07, 6.45) is 3.56. The second-order valence-corrected chi connectivity index (χ2v) is 6.64. The first-order valence-corrected chi connectivity index (χ1v) is 8.62. The van der Waals surface area contributed by atoms with Gasteiger partial charge in [-0.25, -0.2) is 13.9 Å². The zero-order valence-electron chi connectivity index (χ0n) is 14.8. The molecule has 0 radical (unpaired) electrons. The van der Waals surface area contributed by atoms with Gasteiger partial charge in [0.15, 0.2) is 11.5 Å². The smallest absolute Gasteiger partial charge is 0.397 e. The Morgan fingerprint density at radius 1 is 1.14 bits per heavy atom. The van der Waals surface area contributed by atoms with E-state index in [2.05, 4.69) is 4.98 Å². The Hall–Kier alpha value is -2.71. The molecule has 144 valence electrons. The number of halogens is 2. The predicted molar refractivity (Wildman–Crippen MR) is 93.5 cm³/mol. The first kappa shape index (κ1) is 18.6. The molecule has 1 N–H and O–H groups in total. The van der Waals surface area contributed by atoms with Crippen LogP contribution in [0.4, 0.5) is 10.3 Å². The number of ether oxygens (including phenoxy) is 2. The van der Waals surface area contributed by atoms with Crippen LogP contribution in [0.3, 0.4) is 0 Å². The van der Waals surface area contributed by atoms with E-state index in [1.807, 2.05) is 39.9 Å². The van der Waals surface area contributed by atoms with Crippen LogP contribution in [0.1, 0.15) is 11.1 Å². The maximum atomic E-state index is 13.4. The van der Waals surface area contributed by atoms with Crippen molar-refractivity contribution in [1.82, 2.24) is 4.98 Å². The summed E-state index contributed by atoms with van der Waals surface area (Å²) < 4.78 is 26.1. The molecule has 0 bridgehead atoms. The summed E-state index contributed by atoms with van der Waals surface area (Å²) in [4.78, 5) is 6.26. The predicted octanol–water partition coefficient (Wildman–Crippen LogP) is -0.894. The molecule has 0 saturated carbocycles. The second kappa shape index (κ2) is 7.03. The van der Waals surface area contributed by atoms with Crippen LogP contribution in [0.2, 0.25) is 0 Å². The lowest BCUT2D eigenvalue weighted by Gasteiger charge is -2.28. The highest BCUT2D eigenvalue weighted by Crippen LogP contribution is 2.37. The average Bonchev–Trinajstić information content (AvgIpc) is 3.25. The molecule has 3 heterocycles. The molecule has 0 saturated heterocycles. The first-order valence-electron chi connectivity index (χ1n) is 8.62. The Bertz CT molecular complexity index is 1020. The minimum Gasteiger partial charge on any atom is -1.00 e. The number of hydrogen-bond acceptors (Lipinski definition) is 5. The van der Waals surface area contributed by atoms with Gasteiger partial charge in [0.25, 0.3) is 0 Å². The van der Waals surface area contributed by atoms with Gasteiger partial charge in [-0.15, -0.1) is 0 Å². The number of benzene rings is 2. The second-order valence-electron chi connectivity index (χ2n) is 6.64. The molecule has 1 atom stereocenters. The van der Waals surface area contributed by atoms with Crippen molar-refractivity contribution in [2.75, 3.05) is 11.7 Å². The van der Waals surface area contributed by atoms with Crippen LogP contribution in [0.15, 0.2) is 60.9 Å². The fourth-order valence-corrected chi connectivity index (χ4v) is 3.62. The summed E-state index contributed by atoms with van der Waals surface area (Å²) >= 11 is 0. The molecule has 6 nitrogen and oxygen atoms in total. The molecule has 1 aromatic heterocycles. The van der Waals surface area contributed by atoms with Gasteiger partial charge in [-0.05, 0) is 42.0 Å². The molecule has 2 aliphatic heterocycles. The summed E-state index contributed by atoms with van der Waals surface area (Å²) in [5.74, 6) is 1.70. The van der Waals surface area contributed by atoms with E-state index in [1.54, 1.807) is 18.3 Å². The zero-order chi connectivity index (χ0) is 18.4. The molecule has 28 heavy (non-hydrogen) atoms. The highest BCUT2D eigenvalue weighted by Gasteiger charge is 2.51. The van der Waals surface area contributed by atoms with Gasteiger partial charge < -0.3 is 31.6 Å². The van der Waals surface area contributed by atoms with Crippen molar-refractivity contribution in [2.24, 2.45) is 0 Å². The maximum Gasteiger partial charge on any atom is 0.397 e. The number of fused-ring (bicyclic) bond motifs is 2. The van der Waals surface area contributed by atoms with Crippen LogP contribution in [-0.2, 0) is 18.8 Å². The van der Waals surface area contributed by atoms with Crippen molar-refractivity contribution in [2.45, 2.75) is 18.8 Å². The minimum absolute atomic E-state index is 0. The van der Waals surface area contributed by atoms with E-state index in [4.69, 9.17) is 9.47 Å². The van der Waals surface area contributed by atoms with E-state index in [9.17, 15) is 9.50 Å². The summed E-state index contributed by atoms with van der Waals surface area (Å²) in [6.45, 7) is 0.913. The lowest BCUT2D eigenvalue weighted by molar-refractivity contribution is -0.685. The van der Waals surface area contributed by atoms with E-state index >= 15 is 0 Å². The lowest BCUT2D eigenvalue weighted by atomic mass is 10.0. The summed E-state index contributed by atoms with van der Waals surface area (Å²) in [5.41, 5.74) is 0.208. The normalized spacial score (nSPS) is 19.3. The van der Waals surface area contributed by atoms with Crippen LogP contribution < -0.4 is 35.9 Å². The highest BCUT2D eigenvalue weighted by molar-refractivity contribution is 5.47. The minimum atomic E-state index is -1.34. The van der Waals surface area contributed by atoms with Crippen LogP contribution in [-0.4, -0.2) is 16.9 Å². The number of rotatable bonds is 3. The van der Waals surface area contributed by atoms with Gasteiger partial charge in [0.2, 0.25) is 12.5 Å². The molecule has 2 aromatic carbocycles. The molecule has 3 aromatic rings. The van der Waals surface area contributed by atoms with Gasteiger partial charge >= 0.3 is 5.95 Å². The van der Waals surface area contributed by atoms with Gasteiger partial charge in [-0.2, -0.15) is 0 Å². The van der Waals surface area contributed by atoms with Gasteiger partial charge in [-0.1, -0.05) is 11.1 Å². The Kier molecular flexibility index (Phi) is 4.68. The van der Waals surface area contributed by atoms with E-state index < -0.39 is 5.72 Å². The Morgan fingerprint density at radius 2 is 1.93 bits per heavy atom. The SMILES string of the molecule is O[C@@]1(c2ccc(F)cc2)C[n+]2cccnc2N1Cc1ccc2c(c1)OCO2.[Br-]. The molecule has 5 rings (SSSR count). The summed E-state index contributed by atoms with van der Waals surface area (Å²) in [5, 5.41) is 11.6. The van der Waals surface area contributed by atoms with Crippen LogP contribution >= 0.6 is 0 Å². The van der Waals surface area contributed by atoms with Gasteiger partial charge in [0.1, 0.15) is 18.6 Å². The fourth-order valence-electron chi connectivity index (χ4n) is 3.62. The highest BCUT2D eigenvalue weighted by atomic mass is 79.9. The first-order chi connectivity index (χ1) is 13.1. The molecular weight excluding hydrogens is 429 g/mol. The largest absolute Gasteiger partial charge is 1.00 e. The molecule has 8 heteroatoms. The number of aromatic nitrogens is 2. The van der Waals surface area contributed by atoms with Gasteiger partial charge in [0, 0.05) is 11.6 Å². The van der Waals surface area contributed by atoms with Crippen molar-refractivity contribution < 1.29 is 40.5 Å². The summed E-state index contributed by atoms with van der Waals surface area (Å²) in [6, 6.07) is 13.4. The van der Waals surface area contributed by atoms with E-state index in [-0.39, 0.29) is 29.6 Å².